The third-order valence-corrected chi connectivity index (χ3v) is 5.33. The van der Waals surface area contributed by atoms with Crippen molar-refractivity contribution < 1.29 is 11.3 Å². The molecule has 0 unspecified atom stereocenters. The molecule has 148 valence electrons. The number of nitrogens with zero attached hydrogens (tertiary/aromatic N) is 2. The number of likely N-dealkylation sites (tertiary alicyclic amines) is 1. The molecule has 1 saturated heterocycles. The first kappa shape index (κ1) is 22.0. The maximum atomic E-state index is 12.7. The average molecular weight is 413 g/mol. The summed E-state index contributed by atoms with van der Waals surface area (Å²) in [5.74, 6) is -0.254. The molecule has 2 N–H and O–H groups in total. The van der Waals surface area contributed by atoms with Crippen molar-refractivity contribution in [2.24, 2.45) is 5.92 Å². The van der Waals surface area contributed by atoms with E-state index in [0.717, 1.165) is 38.9 Å². The van der Waals surface area contributed by atoms with Gasteiger partial charge in [-0.25, -0.2) is 0 Å². The van der Waals surface area contributed by atoms with Gasteiger partial charge in [0, 0.05) is 19.8 Å². The monoisotopic (exact) mass is 412 g/mol. The molecule has 0 saturated carbocycles. The Labute approximate surface area is 210 Å². The van der Waals surface area contributed by atoms with Crippen LogP contribution in [-0.4, -0.2) is 98.0 Å². The molecule has 1 aromatic heterocycles. The summed E-state index contributed by atoms with van der Waals surface area (Å²) in [6.45, 7) is 6.12. The first-order chi connectivity index (χ1) is 13.6. The Balaban J connectivity index is 0.00000300. The van der Waals surface area contributed by atoms with Crippen LogP contribution in [0.5, 0.6) is 5.75 Å². The summed E-state index contributed by atoms with van der Waals surface area (Å²) < 4.78 is 8.97. The van der Waals surface area contributed by atoms with Gasteiger partial charge in [-0.2, -0.15) is 0 Å². The molecule has 2 heterocycles. The van der Waals surface area contributed by atoms with Gasteiger partial charge in [0.15, 0.2) is 0 Å². The Hall–Kier alpha value is -0.704. The van der Waals surface area contributed by atoms with E-state index in [0.29, 0.717) is 36.8 Å². The van der Waals surface area contributed by atoms with Gasteiger partial charge in [0.2, 0.25) is 0 Å². The second kappa shape index (κ2) is 10.9. The van der Waals surface area contributed by atoms with Gasteiger partial charge in [0.1, 0.15) is 11.3 Å². The minimum atomic E-state index is -0.525. The summed E-state index contributed by atoms with van der Waals surface area (Å²) >= 11 is 0. The number of para-hydroxylation sites is 1. The third-order valence-electron chi connectivity index (χ3n) is 5.33. The summed E-state index contributed by atoms with van der Waals surface area (Å²) in [6.07, 6.45) is 2.92. The normalized spacial score (nSPS) is 15.8. The fourth-order valence-corrected chi connectivity index (χ4v) is 3.71. The fourth-order valence-electron chi connectivity index (χ4n) is 3.71. The van der Waals surface area contributed by atoms with Gasteiger partial charge in [-0.05, 0) is 63.9 Å². The number of fused-ring (bicyclic) bond motifs is 1. The van der Waals surface area contributed by atoms with Crippen LogP contribution in [0.4, 0.5) is 0 Å². The van der Waals surface area contributed by atoms with Crippen molar-refractivity contribution in [2.75, 3.05) is 26.2 Å². The molecule has 0 spiro atoms. The molecule has 0 aliphatic carbocycles. The number of pyridine rings is 1. The minimum absolute atomic E-state index is 0. The summed E-state index contributed by atoms with van der Waals surface area (Å²) in [5.41, 5.74) is -0.0226. The number of aromatic hydroxyl groups is 1. The topological polar surface area (TPSA) is 74.6 Å². The number of hydrogen-bond donors (Lipinski definition) is 2. The van der Waals surface area contributed by atoms with E-state index in [1.165, 1.54) is 4.57 Å². The van der Waals surface area contributed by atoms with Crippen molar-refractivity contribution in [3.63, 3.8) is 0 Å². The van der Waals surface area contributed by atoms with E-state index >= 15 is 0 Å². The Morgan fingerprint density at radius 3 is 2.71 bits per heavy atom. The maximum absolute atomic E-state index is 12.7. The van der Waals surface area contributed by atoms with Crippen LogP contribution in [0.2, 0.25) is 0 Å². The Bertz CT molecular complexity index is 895. The van der Waals surface area contributed by atoms with Crippen molar-refractivity contribution in [3.05, 3.63) is 40.2 Å². The molecule has 7 heteroatoms. The zero-order valence-corrected chi connectivity index (χ0v) is 15.9. The van der Waals surface area contributed by atoms with Crippen molar-refractivity contribution in [1.82, 2.24) is 14.8 Å². The molecule has 0 atom stereocenters. The van der Waals surface area contributed by atoms with Gasteiger partial charge in [-0.15, -0.1) is 0 Å². The summed E-state index contributed by atoms with van der Waals surface area (Å²) in [6, 6.07) is 7.07. The van der Waals surface area contributed by atoms with E-state index in [-0.39, 0.29) is 62.7 Å². The van der Waals surface area contributed by atoms with Gasteiger partial charge in [-0.1, -0.05) is 19.0 Å². The fraction of sp³-hybridized carbons (Fsp3) is 0.524. The van der Waals surface area contributed by atoms with Gasteiger partial charge in [0.25, 0.3) is 11.5 Å². The van der Waals surface area contributed by atoms with Crippen molar-refractivity contribution in [3.8, 4) is 5.75 Å². The number of hydrogen-bond acceptors (Lipinski definition) is 4. The standard InChI is InChI=1S/C21H29N3O3.K.H/c1-3-24-17-8-5-4-7-16(17)19(25)18(21(24)27)20(26)22-11-6-12-23-13-9-15(2)10-14-23;;/h4-5,7-8,15,25H,3,6,9-14H2,1-2H3,(H,22,26);;/i2D;;. The van der Waals surface area contributed by atoms with E-state index in [1.807, 2.05) is 6.92 Å². The zero-order valence-electron chi connectivity index (χ0n) is 16.9. The zero-order chi connectivity index (χ0) is 20.1. The molecule has 1 amide bonds. The first-order valence-corrected chi connectivity index (χ1v) is 9.71. The molecule has 0 radical (unpaired) electrons. The molecule has 2 aromatic rings. The molecule has 6 nitrogen and oxygen atoms in total. The first-order valence-electron chi connectivity index (χ1n) is 10.4. The van der Waals surface area contributed by atoms with Crippen LogP contribution >= 0.6 is 0 Å². The molecule has 1 aliphatic rings. The number of carbonyl (C=O) groups excluding carboxylic acids is 1. The number of amides is 1. The van der Waals surface area contributed by atoms with E-state index in [2.05, 4.69) is 10.2 Å². The van der Waals surface area contributed by atoms with Crippen LogP contribution in [0.15, 0.2) is 29.1 Å². The van der Waals surface area contributed by atoms with Crippen LogP contribution in [0, 0.1) is 5.92 Å². The number of nitrogens with one attached hydrogen (secondary N) is 1. The van der Waals surface area contributed by atoms with Crippen LogP contribution < -0.4 is 10.9 Å². The predicted octanol–water partition coefficient (Wildman–Crippen LogP) is 1.93. The molecular weight excluding hydrogens is 381 g/mol. The van der Waals surface area contributed by atoms with E-state index in [4.69, 9.17) is 1.37 Å². The van der Waals surface area contributed by atoms with Crippen LogP contribution in [0.25, 0.3) is 10.9 Å². The second-order valence-electron chi connectivity index (χ2n) is 7.18. The molecule has 28 heavy (non-hydrogen) atoms. The van der Waals surface area contributed by atoms with Crippen molar-refractivity contribution in [1.29, 1.82) is 0 Å². The molecule has 3 rings (SSSR count). The molecule has 1 aliphatic heterocycles. The predicted molar refractivity (Wildman–Crippen MR) is 114 cm³/mol. The Morgan fingerprint density at radius 1 is 1.32 bits per heavy atom. The second-order valence-corrected chi connectivity index (χ2v) is 7.18. The number of benzene rings is 1. The number of rotatable bonds is 6. The number of piperidine rings is 1. The quantitative estimate of drug-likeness (QED) is 0.562. The van der Waals surface area contributed by atoms with Crippen LogP contribution in [0.3, 0.4) is 0 Å². The molecule has 0 bridgehead atoms. The SMILES string of the molecule is [2H]CC1CCN(CCCNC(=O)c2c(O)c3ccccc3n(CC)c2=O)CC1.[KH]. The van der Waals surface area contributed by atoms with Crippen molar-refractivity contribution >= 4 is 68.2 Å². The van der Waals surface area contributed by atoms with Gasteiger partial charge >= 0.3 is 51.4 Å². The average Bonchev–Trinajstić information content (AvgIpc) is 2.72. The molecule has 1 fully saturated rings. The Kier molecular flexibility index (Phi) is 8.56. The number of aromatic nitrogens is 1. The Morgan fingerprint density at radius 2 is 2.04 bits per heavy atom. The van der Waals surface area contributed by atoms with Gasteiger partial charge in [0.05, 0.1) is 5.52 Å². The van der Waals surface area contributed by atoms with Crippen LogP contribution in [-0.2, 0) is 6.54 Å². The van der Waals surface area contributed by atoms with Gasteiger partial charge < -0.3 is 19.9 Å². The number of carbonyl (C=O) groups is 1. The molecule has 1 aromatic carbocycles. The van der Waals surface area contributed by atoms with Crippen LogP contribution in [0.1, 0.15) is 44.8 Å². The summed E-state index contributed by atoms with van der Waals surface area (Å²) in [4.78, 5) is 27.7. The molecular formula is C21H30KN3O3. The van der Waals surface area contributed by atoms with E-state index in [1.54, 1.807) is 24.3 Å². The van der Waals surface area contributed by atoms with Gasteiger partial charge in [-0.3, -0.25) is 9.59 Å². The van der Waals surface area contributed by atoms with E-state index in [9.17, 15) is 14.7 Å². The number of aryl methyl sites for hydroxylation is 1. The summed E-state index contributed by atoms with van der Waals surface area (Å²) in [5, 5.41) is 13.8. The van der Waals surface area contributed by atoms with Crippen molar-refractivity contribution in [2.45, 2.75) is 39.6 Å². The van der Waals surface area contributed by atoms with E-state index < -0.39 is 11.5 Å². The third kappa shape index (κ3) is 5.26. The summed E-state index contributed by atoms with van der Waals surface area (Å²) in [7, 11) is 0.